The fourth-order valence-corrected chi connectivity index (χ4v) is 2.32. The van der Waals surface area contributed by atoms with E-state index in [-0.39, 0.29) is 16.8 Å². The van der Waals surface area contributed by atoms with E-state index in [4.69, 9.17) is 16.3 Å². The van der Waals surface area contributed by atoms with Gasteiger partial charge in [0.2, 0.25) is 0 Å². The second kappa shape index (κ2) is 6.48. The number of amides is 1. The second-order valence-electron chi connectivity index (χ2n) is 5.97. The van der Waals surface area contributed by atoms with Gasteiger partial charge in [-0.05, 0) is 20.8 Å². The Kier molecular flexibility index (Phi) is 4.85. The summed E-state index contributed by atoms with van der Waals surface area (Å²) in [5.41, 5.74) is -0.242. The molecular weight excluding hydrogens is 308 g/mol. The number of hydrogen-bond donors (Lipinski definition) is 0. The van der Waals surface area contributed by atoms with Crippen molar-refractivity contribution >= 4 is 29.8 Å². The van der Waals surface area contributed by atoms with E-state index in [1.807, 2.05) is 25.7 Å². The molecule has 1 fully saturated rings. The van der Waals surface area contributed by atoms with Crippen molar-refractivity contribution < 1.29 is 14.3 Å². The summed E-state index contributed by atoms with van der Waals surface area (Å²) in [4.78, 5) is 34.6. The number of halogens is 1. The van der Waals surface area contributed by atoms with Crippen molar-refractivity contribution in [3.63, 3.8) is 0 Å². The normalized spacial score (nSPS) is 15.6. The molecule has 0 aliphatic carbocycles. The van der Waals surface area contributed by atoms with Crippen LogP contribution in [-0.2, 0) is 4.74 Å². The minimum absolute atomic E-state index is 0.134. The highest BCUT2D eigenvalue weighted by atomic mass is 35.5. The van der Waals surface area contributed by atoms with Crippen LogP contribution in [0.5, 0.6) is 0 Å². The number of anilines is 1. The van der Waals surface area contributed by atoms with Gasteiger partial charge >= 0.3 is 6.09 Å². The van der Waals surface area contributed by atoms with Gasteiger partial charge in [-0.25, -0.2) is 14.8 Å². The molecule has 0 spiro atoms. The minimum Gasteiger partial charge on any atom is -0.444 e. The van der Waals surface area contributed by atoms with E-state index in [9.17, 15) is 9.59 Å². The summed E-state index contributed by atoms with van der Waals surface area (Å²) in [5, 5.41) is 0.134. The van der Waals surface area contributed by atoms with Crippen molar-refractivity contribution in [3.8, 4) is 0 Å². The summed E-state index contributed by atoms with van der Waals surface area (Å²) in [6.45, 7) is 7.59. The van der Waals surface area contributed by atoms with Crippen LogP contribution in [0, 0.1) is 0 Å². The lowest BCUT2D eigenvalue weighted by atomic mass is 10.2. The first-order valence-electron chi connectivity index (χ1n) is 7.00. The van der Waals surface area contributed by atoms with Gasteiger partial charge in [-0.3, -0.25) is 4.79 Å². The quantitative estimate of drug-likeness (QED) is 0.611. The number of rotatable bonds is 2. The van der Waals surface area contributed by atoms with E-state index >= 15 is 0 Å². The lowest BCUT2D eigenvalue weighted by Crippen LogP contribution is -2.50. The van der Waals surface area contributed by atoms with Crippen molar-refractivity contribution in [2.24, 2.45) is 0 Å². The first-order valence-corrected chi connectivity index (χ1v) is 7.38. The van der Waals surface area contributed by atoms with Crippen LogP contribution in [0.3, 0.4) is 0 Å². The van der Waals surface area contributed by atoms with Crippen molar-refractivity contribution in [2.75, 3.05) is 31.1 Å². The Morgan fingerprint density at radius 1 is 1.27 bits per heavy atom. The third-order valence-corrected chi connectivity index (χ3v) is 3.46. The van der Waals surface area contributed by atoms with Gasteiger partial charge in [0.15, 0.2) is 6.29 Å². The fraction of sp³-hybridized carbons (Fsp3) is 0.571. The van der Waals surface area contributed by atoms with Gasteiger partial charge in [0.05, 0.1) is 5.56 Å². The van der Waals surface area contributed by atoms with E-state index in [1.54, 1.807) is 4.90 Å². The predicted molar refractivity (Wildman–Crippen MR) is 82.4 cm³/mol. The molecule has 0 aromatic carbocycles. The summed E-state index contributed by atoms with van der Waals surface area (Å²) in [6.07, 6.45) is 1.64. The number of nitrogens with zero attached hydrogens (tertiary/aromatic N) is 4. The fourth-order valence-electron chi connectivity index (χ4n) is 2.15. The average Bonchev–Trinajstić information content (AvgIpc) is 2.45. The van der Waals surface area contributed by atoms with Crippen molar-refractivity contribution in [3.05, 3.63) is 17.0 Å². The number of ether oxygens (including phenoxy) is 1. The highest BCUT2D eigenvalue weighted by Gasteiger charge is 2.27. The topological polar surface area (TPSA) is 75.6 Å². The maximum Gasteiger partial charge on any atom is 0.410 e. The van der Waals surface area contributed by atoms with E-state index in [0.717, 1.165) is 0 Å². The Hall–Kier alpha value is -1.89. The first kappa shape index (κ1) is 16.5. The molecule has 0 bridgehead atoms. The monoisotopic (exact) mass is 326 g/mol. The van der Waals surface area contributed by atoms with Crippen LogP contribution in [0.2, 0.25) is 5.15 Å². The van der Waals surface area contributed by atoms with Gasteiger partial charge in [0.1, 0.15) is 22.9 Å². The van der Waals surface area contributed by atoms with Crippen LogP contribution >= 0.6 is 11.6 Å². The number of aromatic nitrogens is 2. The lowest BCUT2D eigenvalue weighted by molar-refractivity contribution is 0.0240. The molecule has 0 atom stereocenters. The van der Waals surface area contributed by atoms with Crippen LogP contribution in [0.25, 0.3) is 0 Å². The Balaban J connectivity index is 2.02. The summed E-state index contributed by atoms with van der Waals surface area (Å²) in [5.74, 6) is 0.499. The van der Waals surface area contributed by atoms with Crippen LogP contribution in [-0.4, -0.2) is 59.0 Å². The van der Waals surface area contributed by atoms with E-state index in [0.29, 0.717) is 38.3 Å². The van der Waals surface area contributed by atoms with Crippen LogP contribution < -0.4 is 4.90 Å². The SMILES string of the molecule is CC(C)(C)OC(=O)N1CCN(c2ncnc(Cl)c2C=O)CC1. The largest absolute Gasteiger partial charge is 0.444 e. The van der Waals surface area contributed by atoms with E-state index in [1.165, 1.54) is 6.33 Å². The molecule has 2 heterocycles. The summed E-state index contributed by atoms with van der Waals surface area (Å²) < 4.78 is 5.35. The third-order valence-electron chi connectivity index (χ3n) is 3.16. The number of carbonyl (C=O) groups is 2. The minimum atomic E-state index is -0.515. The van der Waals surface area contributed by atoms with E-state index < -0.39 is 5.60 Å². The molecule has 1 saturated heterocycles. The van der Waals surface area contributed by atoms with Gasteiger partial charge in [-0.15, -0.1) is 0 Å². The molecule has 1 aromatic rings. The number of aldehydes is 1. The molecule has 1 aliphatic rings. The zero-order valence-corrected chi connectivity index (χ0v) is 13.6. The molecule has 8 heteroatoms. The second-order valence-corrected chi connectivity index (χ2v) is 6.33. The predicted octanol–water partition coefficient (Wildman–Crippen LogP) is 2.00. The highest BCUT2D eigenvalue weighted by molar-refractivity contribution is 6.32. The third kappa shape index (κ3) is 3.85. The molecule has 22 heavy (non-hydrogen) atoms. The molecule has 1 aromatic heterocycles. The van der Waals surface area contributed by atoms with Gasteiger partial charge in [0.25, 0.3) is 0 Å². The molecule has 0 saturated carbocycles. The van der Waals surface area contributed by atoms with Crippen LogP contribution in [0.1, 0.15) is 31.1 Å². The lowest BCUT2D eigenvalue weighted by Gasteiger charge is -2.36. The molecular formula is C14H19ClN4O3. The molecule has 0 unspecified atom stereocenters. The van der Waals surface area contributed by atoms with Gasteiger partial charge in [-0.1, -0.05) is 11.6 Å². The standard InChI is InChI=1S/C14H19ClN4O3/c1-14(2,3)22-13(21)19-6-4-18(5-7-19)12-10(8-20)11(15)16-9-17-12/h8-9H,4-7H2,1-3H3. The highest BCUT2D eigenvalue weighted by Crippen LogP contribution is 2.23. The summed E-state index contributed by atoms with van der Waals surface area (Å²) in [6, 6.07) is 0. The van der Waals surface area contributed by atoms with Crippen molar-refractivity contribution in [2.45, 2.75) is 26.4 Å². The Labute approximate surface area is 134 Å². The zero-order chi connectivity index (χ0) is 16.3. The van der Waals surface area contributed by atoms with Crippen molar-refractivity contribution in [1.82, 2.24) is 14.9 Å². The molecule has 7 nitrogen and oxygen atoms in total. The molecule has 0 N–H and O–H groups in total. The van der Waals surface area contributed by atoms with E-state index in [2.05, 4.69) is 9.97 Å². The molecule has 120 valence electrons. The zero-order valence-electron chi connectivity index (χ0n) is 12.9. The number of piperazine rings is 1. The van der Waals surface area contributed by atoms with Gasteiger partial charge in [0, 0.05) is 26.2 Å². The Bertz CT molecular complexity index is 566. The molecule has 1 amide bonds. The molecule has 0 radical (unpaired) electrons. The van der Waals surface area contributed by atoms with Crippen molar-refractivity contribution in [1.29, 1.82) is 0 Å². The maximum atomic E-state index is 12.0. The Morgan fingerprint density at radius 2 is 1.91 bits per heavy atom. The summed E-state index contributed by atoms with van der Waals surface area (Å²) >= 11 is 5.91. The Morgan fingerprint density at radius 3 is 2.45 bits per heavy atom. The molecule has 2 rings (SSSR count). The summed E-state index contributed by atoms with van der Waals surface area (Å²) in [7, 11) is 0. The molecule has 1 aliphatic heterocycles. The maximum absolute atomic E-state index is 12.0. The van der Waals surface area contributed by atoms with Crippen LogP contribution in [0.4, 0.5) is 10.6 Å². The first-order chi connectivity index (χ1) is 10.3. The average molecular weight is 327 g/mol. The van der Waals surface area contributed by atoms with Crippen LogP contribution in [0.15, 0.2) is 6.33 Å². The van der Waals surface area contributed by atoms with Gasteiger partial charge in [-0.2, -0.15) is 0 Å². The number of carbonyl (C=O) groups excluding carboxylic acids is 2. The smallest absolute Gasteiger partial charge is 0.410 e. The van der Waals surface area contributed by atoms with Gasteiger partial charge < -0.3 is 14.5 Å². The number of hydrogen-bond acceptors (Lipinski definition) is 6.